The Morgan fingerprint density at radius 1 is 1.37 bits per heavy atom. The van der Waals surface area contributed by atoms with E-state index in [9.17, 15) is 4.79 Å². The van der Waals surface area contributed by atoms with E-state index in [4.69, 9.17) is 9.84 Å². The number of aliphatic hydroxyl groups is 1. The standard InChI is InChI=1S/C15H21NO3/c1-15(2,3)19-14(18)16-13(10-7-11-17)12-8-5-4-6-9-12/h4-10,13,17H,11H2,1-3H3,(H,16,18). The summed E-state index contributed by atoms with van der Waals surface area (Å²) in [6.45, 7) is 5.37. The summed E-state index contributed by atoms with van der Waals surface area (Å²) in [7, 11) is 0. The molecule has 104 valence electrons. The van der Waals surface area contributed by atoms with Crippen LogP contribution < -0.4 is 5.32 Å². The second-order valence-electron chi connectivity index (χ2n) is 5.15. The van der Waals surface area contributed by atoms with Gasteiger partial charge in [-0.25, -0.2) is 4.79 Å². The fourth-order valence-electron chi connectivity index (χ4n) is 1.53. The molecule has 0 spiro atoms. The molecule has 0 saturated heterocycles. The molecule has 1 aromatic rings. The molecule has 0 heterocycles. The highest BCUT2D eigenvalue weighted by Gasteiger charge is 2.18. The first-order valence-corrected chi connectivity index (χ1v) is 6.24. The van der Waals surface area contributed by atoms with Gasteiger partial charge in [0, 0.05) is 0 Å². The molecule has 0 aromatic heterocycles. The van der Waals surface area contributed by atoms with E-state index < -0.39 is 11.7 Å². The lowest BCUT2D eigenvalue weighted by Crippen LogP contribution is -2.34. The number of aliphatic hydroxyl groups excluding tert-OH is 1. The second-order valence-corrected chi connectivity index (χ2v) is 5.15. The first kappa shape index (κ1) is 15.2. The van der Waals surface area contributed by atoms with E-state index in [1.54, 1.807) is 12.2 Å². The molecule has 2 N–H and O–H groups in total. The monoisotopic (exact) mass is 263 g/mol. The van der Waals surface area contributed by atoms with Crippen LogP contribution in [0.25, 0.3) is 0 Å². The number of ether oxygens (including phenoxy) is 1. The van der Waals surface area contributed by atoms with E-state index >= 15 is 0 Å². The number of nitrogens with one attached hydrogen (secondary N) is 1. The van der Waals surface area contributed by atoms with Gasteiger partial charge in [0.2, 0.25) is 0 Å². The predicted octanol–water partition coefficient (Wildman–Crippen LogP) is 2.80. The maximum Gasteiger partial charge on any atom is 0.408 e. The number of hydrogen-bond donors (Lipinski definition) is 2. The van der Waals surface area contributed by atoms with Gasteiger partial charge >= 0.3 is 6.09 Å². The Hall–Kier alpha value is -1.81. The van der Waals surface area contributed by atoms with Gasteiger partial charge in [-0.15, -0.1) is 0 Å². The van der Waals surface area contributed by atoms with Crippen LogP contribution in [0.15, 0.2) is 42.5 Å². The van der Waals surface area contributed by atoms with Crippen molar-refractivity contribution in [3.8, 4) is 0 Å². The number of amides is 1. The summed E-state index contributed by atoms with van der Waals surface area (Å²) >= 11 is 0. The number of hydrogen-bond acceptors (Lipinski definition) is 3. The topological polar surface area (TPSA) is 58.6 Å². The lowest BCUT2D eigenvalue weighted by molar-refractivity contribution is 0.0513. The molecular weight excluding hydrogens is 242 g/mol. The number of rotatable bonds is 4. The molecule has 0 aliphatic carbocycles. The molecule has 1 unspecified atom stereocenters. The summed E-state index contributed by atoms with van der Waals surface area (Å²) in [5, 5.41) is 11.6. The van der Waals surface area contributed by atoms with Crippen molar-refractivity contribution >= 4 is 6.09 Å². The van der Waals surface area contributed by atoms with Gasteiger partial charge in [0.05, 0.1) is 12.6 Å². The molecule has 0 radical (unpaired) electrons. The van der Waals surface area contributed by atoms with Crippen molar-refractivity contribution in [1.82, 2.24) is 5.32 Å². The van der Waals surface area contributed by atoms with Gasteiger partial charge in [0.25, 0.3) is 0 Å². The van der Waals surface area contributed by atoms with Crippen LogP contribution in [0.1, 0.15) is 32.4 Å². The Morgan fingerprint density at radius 2 is 2.00 bits per heavy atom. The first-order chi connectivity index (χ1) is 8.92. The minimum absolute atomic E-state index is 0.0701. The number of alkyl carbamates (subject to hydrolysis) is 1. The number of carbonyl (C=O) groups is 1. The Morgan fingerprint density at radius 3 is 2.53 bits per heavy atom. The normalized spacial score (nSPS) is 13.3. The smallest absolute Gasteiger partial charge is 0.408 e. The van der Waals surface area contributed by atoms with Crippen molar-refractivity contribution in [2.45, 2.75) is 32.4 Å². The van der Waals surface area contributed by atoms with Gasteiger partial charge < -0.3 is 15.2 Å². The number of carbonyl (C=O) groups excluding carboxylic acids is 1. The van der Waals surface area contributed by atoms with Gasteiger partial charge in [0.15, 0.2) is 0 Å². The first-order valence-electron chi connectivity index (χ1n) is 6.24. The van der Waals surface area contributed by atoms with Crippen LogP contribution >= 0.6 is 0 Å². The van der Waals surface area contributed by atoms with Crippen LogP contribution in [0.3, 0.4) is 0 Å². The molecule has 0 bridgehead atoms. The second kappa shape index (κ2) is 6.95. The fraction of sp³-hybridized carbons (Fsp3) is 0.400. The maximum absolute atomic E-state index is 11.8. The minimum Gasteiger partial charge on any atom is -0.444 e. The Balaban J connectivity index is 2.76. The van der Waals surface area contributed by atoms with E-state index in [1.165, 1.54) is 0 Å². The third-order valence-corrected chi connectivity index (χ3v) is 2.26. The fourth-order valence-corrected chi connectivity index (χ4v) is 1.53. The van der Waals surface area contributed by atoms with Crippen molar-refractivity contribution < 1.29 is 14.6 Å². The van der Waals surface area contributed by atoms with Gasteiger partial charge in [-0.2, -0.15) is 0 Å². The van der Waals surface area contributed by atoms with Gasteiger partial charge in [-0.3, -0.25) is 0 Å². The molecule has 1 rings (SSSR count). The molecule has 4 heteroatoms. The van der Waals surface area contributed by atoms with E-state index in [-0.39, 0.29) is 12.6 Å². The molecule has 1 amide bonds. The highest BCUT2D eigenvalue weighted by molar-refractivity contribution is 5.68. The highest BCUT2D eigenvalue weighted by Crippen LogP contribution is 2.15. The summed E-state index contributed by atoms with van der Waals surface area (Å²) in [5.74, 6) is 0. The van der Waals surface area contributed by atoms with Gasteiger partial charge in [-0.05, 0) is 26.3 Å². The third-order valence-electron chi connectivity index (χ3n) is 2.26. The zero-order valence-corrected chi connectivity index (χ0v) is 11.6. The number of benzene rings is 1. The van der Waals surface area contributed by atoms with Crippen LogP contribution in [-0.4, -0.2) is 23.4 Å². The van der Waals surface area contributed by atoms with Crippen LogP contribution in [0, 0.1) is 0 Å². The molecular formula is C15H21NO3. The molecule has 19 heavy (non-hydrogen) atoms. The van der Waals surface area contributed by atoms with Gasteiger partial charge in [0.1, 0.15) is 5.60 Å². The lowest BCUT2D eigenvalue weighted by atomic mass is 10.1. The largest absolute Gasteiger partial charge is 0.444 e. The maximum atomic E-state index is 11.8. The predicted molar refractivity (Wildman–Crippen MR) is 74.8 cm³/mol. The van der Waals surface area contributed by atoms with Crippen LogP contribution in [-0.2, 0) is 4.74 Å². The minimum atomic E-state index is -0.536. The van der Waals surface area contributed by atoms with Crippen molar-refractivity contribution in [2.75, 3.05) is 6.61 Å². The molecule has 1 aromatic carbocycles. The molecule has 4 nitrogen and oxygen atoms in total. The highest BCUT2D eigenvalue weighted by atomic mass is 16.6. The van der Waals surface area contributed by atoms with E-state index in [1.807, 2.05) is 51.1 Å². The van der Waals surface area contributed by atoms with Gasteiger partial charge in [-0.1, -0.05) is 42.5 Å². The van der Waals surface area contributed by atoms with Crippen LogP contribution in [0.5, 0.6) is 0 Å². The average Bonchev–Trinajstić information content (AvgIpc) is 2.33. The van der Waals surface area contributed by atoms with E-state index in [2.05, 4.69) is 5.32 Å². The summed E-state index contributed by atoms with van der Waals surface area (Å²) in [6.07, 6.45) is 2.85. The van der Waals surface area contributed by atoms with Crippen LogP contribution in [0.2, 0.25) is 0 Å². The molecule has 1 atom stereocenters. The van der Waals surface area contributed by atoms with Crippen molar-refractivity contribution in [2.24, 2.45) is 0 Å². The average molecular weight is 263 g/mol. The van der Waals surface area contributed by atoms with Crippen molar-refractivity contribution in [3.63, 3.8) is 0 Å². The van der Waals surface area contributed by atoms with Crippen molar-refractivity contribution in [3.05, 3.63) is 48.0 Å². The SMILES string of the molecule is CC(C)(C)OC(=O)NC(C=CCO)c1ccccc1. The Labute approximate surface area is 114 Å². The quantitative estimate of drug-likeness (QED) is 0.821. The molecule has 0 fully saturated rings. The molecule has 0 saturated carbocycles. The Bertz CT molecular complexity index is 421. The van der Waals surface area contributed by atoms with E-state index in [0.717, 1.165) is 5.56 Å². The zero-order valence-electron chi connectivity index (χ0n) is 11.6. The summed E-state index contributed by atoms with van der Waals surface area (Å²) in [6, 6.07) is 9.19. The summed E-state index contributed by atoms with van der Waals surface area (Å²) in [5.41, 5.74) is 0.393. The third kappa shape index (κ3) is 6.06. The lowest BCUT2D eigenvalue weighted by Gasteiger charge is -2.22. The Kier molecular flexibility index (Phi) is 5.57. The summed E-state index contributed by atoms with van der Waals surface area (Å²) < 4.78 is 5.22. The van der Waals surface area contributed by atoms with Crippen molar-refractivity contribution in [1.29, 1.82) is 0 Å². The molecule has 0 aliphatic rings. The van der Waals surface area contributed by atoms with E-state index in [0.29, 0.717) is 0 Å². The van der Waals surface area contributed by atoms with Crippen LogP contribution in [0.4, 0.5) is 4.79 Å². The zero-order chi connectivity index (χ0) is 14.3. The summed E-state index contributed by atoms with van der Waals surface area (Å²) in [4.78, 5) is 11.8. The molecule has 0 aliphatic heterocycles.